The third kappa shape index (κ3) is 1.13. The zero-order valence-corrected chi connectivity index (χ0v) is 6.12. The lowest BCUT2D eigenvalue weighted by Gasteiger charge is -2.21. The molecule has 0 fully saturated rings. The molecule has 0 aromatic carbocycles. The van der Waals surface area contributed by atoms with E-state index in [1.807, 2.05) is 12.3 Å². The second-order valence-corrected chi connectivity index (χ2v) is 2.68. The van der Waals surface area contributed by atoms with E-state index in [0.29, 0.717) is 0 Å². The van der Waals surface area contributed by atoms with Gasteiger partial charge in [-0.05, 0) is 18.1 Å². The Bertz CT molecular complexity index is 262. The van der Waals surface area contributed by atoms with Gasteiger partial charge in [0.15, 0.2) is 0 Å². The molecule has 3 heteroatoms. The fourth-order valence-electron chi connectivity index (χ4n) is 1.37. The molecular weight excluding hydrogens is 140 g/mol. The number of nitrogens with zero attached hydrogens (tertiary/aromatic N) is 1. The number of aliphatic hydroxyl groups excluding tert-OH is 1. The van der Waals surface area contributed by atoms with Crippen LogP contribution in [0.2, 0.25) is 0 Å². The Hall–Kier alpha value is -0.930. The van der Waals surface area contributed by atoms with Gasteiger partial charge in [-0.15, -0.1) is 0 Å². The van der Waals surface area contributed by atoms with Gasteiger partial charge >= 0.3 is 0 Å². The maximum absolute atomic E-state index is 9.42. The van der Waals surface area contributed by atoms with Crippen molar-refractivity contribution in [3.8, 4) is 0 Å². The lowest BCUT2D eigenvalue weighted by Crippen LogP contribution is -2.29. The van der Waals surface area contributed by atoms with E-state index in [-0.39, 0.29) is 0 Å². The van der Waals surface area contributed by atoms with E-state index in [2.05, 4.69) is 10.3 Å². The average Bonchev–Trinajstić information content (AvgIpc) is 2.06. The summed E-state index contributed by atoms with van der Waals surface area (Å²) < 4.78 is 0. The van der Waals surface area contributed by atoms with Crippen LogP contribution in [0, 0.1) is 0 Å². The number of aromatic nitrogens is 1. The lowest BCUT2D eigenvalue weighted by molar-refractivity contribution is 0.132. The van der Waals surface area contributed by atoms with Crippen molar-refractivity contribution in [1.82, 2.24) is 10.3 Å². The van der Waals surface area contributed by atoms with Crippen molar-refractivity contribution in [1.29, 1.82) is 0 Å². The van der Waals surface area contributed by atoms with Crippen molar-refractivity contribution in [2.24, 2.45) is 0 Å². The van der Waals surface area contributed by atoms with Crippen LogP contribution in [0.15, 0.2) is 18.5 Å². The molecular formula is C8H10N2O. The Balaban J connectivity index is 2.44. The molecule has 3 nitrogen and oxygen atoms in total. The number of nitrogens with one attached hydrogen (secondary N) is 1. The minimum atomic E-state index is -0.498. The molecule has 1 aliphatic heterocycles. The van der Waals surface area contributed by atoms with Crippen LogP contribution in [0.5, 0.6) is 0 Å². The molecule has 2 heterocycles. The third-order valence-electron chi connectivity index (χ3n) is 1.97. The molecule has 0 saturated heterocycles. The molecule has 1 aromatic rings. The van der Waals surface area contributed by atoms with Gasteiger partial charge in [0.1, 0.15) is 6.23 Å². The minimum absolute atomic E-state index is 0.498. The van der Waals surface area contributed by atoms with Crippen LogP contribution in [-0.4, -0.2) is 16.6 Å². The maximum atomic E-state index is 9.42. The van der Waals surface area contributed by atoms with Gasteiger partial charge in [-0.3, -0.25) is 10.3 Å². The summed E-state index contributed by atoms with van der Waals surface area (Å²) in [5.74, 6) is 0. The molecule has 0 saturated carbocycles. The topological polar surface area (TPSA) is 45.1 Å². The van der Waals surface area contributed by atoms with E-state index in [4.69, 9.17) is 0 Å². The van der Waals surface area contributed by atoms with Crippen molar-refractivity contribution < 1.29 is 5.11 Å². The van der Waals surface area contributed by atoms with Gasteiger partial charge in [-0.2, -0.15) is 0 Å². The molecule has 2 rings (SSSR count). The highest BCUT2D eigenvalue weighted by atomic mass is 16.3. The van der Waals surface area contributed by atoms with Crippen LogP contribution >= 0.6 is 0 Å². The zero-order chi connectivity index (χ0) is 7.68. The highest BCUT2D eigenvalue weighted by Gasteiger charge is 2.15. The Morgan fingerprint density at radius 1 is 1.64 bits per heavy atom. The second kappa shape index (κ2) is 2.60. The second-order valence-electron chi connectivity index (χ2n) is 2.68. The fraction of sp³-hybridized carbons (Fsp3) is 0.375. The SMILES string of the molecule is OC1NCCc2cnccc21. The molecule has 1 aliphatic rings. The maximum Gasteiger partial charge on any atom is 0.131 e. The molecule has 1 atom stereocenters. The Morgan fingerprint density at radius 3 is 3.36 bits per heavy atom. The van der Waals surface area contributed by atoms with Crippen molar-refractivity contribution >= 4 is 0 Å². The standard InChI is InChI=1S/C8H10N2O/c11-8-7-2-3-9-5-6(7)1-4-10-8/h2-3,5,8,10-11H,1,4H2. The Labute approximate surface area is 65.1 Å². The van der Waals surface area contributed by atoms with Gasteiger partial charge in [-0.25, -0.2) is 0 Å². The molecule has 0 spiro atoms. The summed E-state index contributed by atoms with van der Waals surface area (Å²) in [4.78, 5) is 3.99. The number of aliphatic hydroxyl groups is 1. The Kier molecular flexibility index (Phi) is 1.60. The third-order valence-corrected chi connectivity index (χ3v) is 1.97. The van der Waals surface area contributed by atoms with Gasteiger partial charge in [0.05, 0.1) is 0 Å². The summed E-state index contributed by atoms with van der Waals surface area (Å²) >= 11 is 0. The van der Waals surface area contributed by atoms with E-state index in [0.717, 1.165) is 24.1 Å². The number of pyridine rings is 1. The van der Waals surface area contributed by atoms with Gasteiger partial charge in [0.2, 0.25) is 0 Å². The van der Waals surface area contributed by atoms with Gasteiger partial charge in [-0.1, -0.05) is 0 Å². The van der Waals surface area contributed by atoms with Crippen molar-refractivity contribution in [2.75, 3.05) is 6.54 Å². The normalized spacial score (nSPS) is 22.8. The summed E-state index contributed by atoms with van der Waals surface area (Å²) in [5, 5.41) is 12.4. The number of rotatable bonds is 0. The first-order valence-electron chi connectivity index (χ1n) is 3.72. The zero-order valence-electron chi connectivity index (χ0n) is 6.12. The van der Waals surface area contributed by atoms with Gasteiger partial charge in [0.25, 0.3) is 0 Å². The fourth-order valence-corrected chi connectivity index (χ4v) is 1.37. The van der Waals surface area contributed by atoms with E-state index in [1.165, 1.54) is 0 Å². The summed E-state index contributed by atoms with van der Waals surface area (Å²) in [5.41, 5.74) is 2.12. The molecule has 11 heavy (non-hydrogen) atoms. The predicted molar refractivity (Wildman–Crippen MR) is 40.9 cm³/mol. The van der Waals surface area contributed by atoms with Crippen molar-refractivity contribution in [2.45, 2.75) is 12.6 Å². The first kappa shape index (κ1) is 6.76. The van der Waals surface area contributed by atoms with Crippen molar-refractivity contribution in [3.63, 3.8) is 0 Å². The summed E-state index contributed by atoms with van der Waals surface area (Å²) in [7, 11) is 0. The van der Waals surface area contributed by atoms with E-state index >= 15 is 0 Å². The first-order valence-corrected chi connectivity index (χ1v) is 3.72. The molecule has 1 aromatic heterocycles. The Morgan fingerprint density at radius 2 is 2.55 bits per heavy atom. The molecule has 58 valence electrons. The van der Waals surface area contributed by atoms with Crippen LogP contribution in [0.3, 0.4) is 0 Å². The lowest BCUT2D eigenvalue weighted by atomic mass is 10.0. The van der Waals surface area contributed by atoms with Crippen LogP contribution in [0.1, 0.15) is 17.4 Å². The smallest absolute Gasteiger partial charge is 0.131 e. The van der Waals surface area contributed by atoms with E-state index in [1.54, 1.807) is 6.20 Å². The minimum Gasteiger partial charge on any atom is -0.374 e. The van der Waals surface area contributed by atoms with Gasteiger partial charge in [0, 0.05) is 24.5 Å². The van der Waals surface area contributed by atoms with Gasteiger partial charge < -0.3 is 5.11 Å². The molecule has 0 radical (unpaired) electrons. The largest absolute Gasteiger partial charge is 0.374 e. The first-order chi connectivity index (χ1) is 5.38. The molecule has 0 bridgehead atoms. The van der Waals surface area contributed by atoms with Crippen molar-refractivity contribution in [3.05, 3.63) is 29.6 Å². The summed E-state index contributed by atoms with van der Waals surface area (Å²) in [6.45, 7) is 0.833. The highest BCUT2D eigenvalue weighted by Crippen LogP contribution is 2.18. The van der Waals surface area contributed by atoms with Crippen LogP contribution < -0.4 is 5.32 Å². The average molecular weight is 150 g/mol. The molecule has 0 amide bonds. The number of hydrogen-bond donors (Lipinski definition) is 2. The number of hydrogen-bond acceptors (Lipinski definition) is 3. The van der Waals surface area contributed by atoms with Crippen LogP contribution in [0.25, 0.3) is 0 Å². The molecule has 2 N–H and O–H groups in total. The monoisotopic (exact) mass is 150 g/mol. The quantitative estimate of drug-likeness (QED) is 0.556. The summed E-state index contributed by atoms with van der Waals surface area (Å²) in [6.07, 6.45) is 3.98. The summed E-state index contributed by atoms with van der Waals surface area (Å²) in [6, 6.07) is 1.85. The van der Waals surface area contributed by atoms with E-state index in [9.17, 15) is 5.11 Å². The van der Waals surface area contributed by atoms with E-state index < -0.39 is 6.23 Å². The van der Waals surface area contributed by atoms with Crippen LogP contribution in [0.4, 0.5) is 0 Å². The predicted octanol–water partition coefficient (Wildman–Crippen LogP) is 0.218. The number of fused-ring (bicyclic) bond motifs is 1. The molecule has 0 aliphatic carbocycles. The molecule has 1 unspecified atom stereocenters. The van der Waals surface area contributed by atoms with Crippen LogP contribution in [-0.2, 0) is 6.42 Å². The highest BCUT2D eigenvalue weighted by molar-refractivity contribution is 5.27.